The second kappa shape index (κ2) is 7.68. The van der Waals surface area contributed by atoms with Crippen molar-refractivity contribution >= 4 is 0 Å². The molecule has 0 radical (unpaired) electrons. The van der Waals surface area contributed by atoms with Gasteiger partial charge in [-0.3, -0.25) is 4.90 Å². The number of piperidine rings is 1. The lowest BCUT2D eigenvalue weighted by atomic mass is 9.87. The van der Waals surface area contributed by atoms with Crippen LogP contribution in [0.1, 0.15) is 17.5 Å². The predicted molar refractivity (Wildman–Crippen MR) is 88.1 cm³/mol. The third-order valence-electron chi connectivity index (χ3n) is 4.52. The number of aliphatic hydroxyl groups is 1. The Kier molecular flexibility index (Phi) is 5.37. The number of aliphatic hydroxyl groups excluding tert-OH is 1. The minimum Gasteiger partial charge on any atom is -0.467 e. The smallest absolute Gasteiger partial charge is 0.316 e. The number of likely N-dealkylation sites (tertiary alicyclic amines) is 1. The fraction of sp³-hybridized carbons (Fsp3) is 0.444. The van der Waals surface area contributed by atoms with Gasteiger partial charge in [-0.05, 0) is 36.9 Å². The molecule has 1 N–H and O–H groups in total. The molecule has 2 atom stereocenters. The van der Waals surface area contributed by atoms with Gasteiger partial charge in [0.2, 0.25) is 0 Å². The standard InChI is InChI=1S/C18H22FN3O2/c1-24-18-20-9-13(10-21-18)11-22-7-6-15(17(23)12-22)8-14-4-2-3-5-16(14)19/h2-5,9-10,15,17,23H,6-8,11-12H2,1H3/t15-,17+/m1/s1. The van der Waals surface area contributed by atoms with E-state index in [0.29, 0.717) is 31.1 Å². The Bertz CT molecular complexity index is 666. The molecule has 24 heavy (non-hydrogen) atoms. The lowest BCUT2D eigenvalue weighted by Crippen LogP contribution is -2.44. The van der Waals surface area contributed by atoms with Crippen molar-refractivity contribution < 1.29 is 14.2 Å². The Morgan fingerprint density at radius 1 is 1.29 bits per heavy atom. The van der Waals surface area contributed by atoms with Gasteiger partial charge in [0.15, 0.2) is 0 Å². The van der Waals surface area contributed by atoms with Gasteiger partial charge in [-0.25, -0.2) is 14.4 Å². The molecule has 5 nitrogen and oxygen atoms in total. The summed E-state index contributed by atoms with van der Waals surface area (Å²) >= 11 is 0. The van der Waals surface area contributed by atoms with Crippen molar-refractivity contribution in [3.8, 4) is 6.01 Å². The Morgan fingerprint density at radius 3 is 2.71 bits per heavy atom. The number of benzene rings is 1. The first kappa shape index (κ1) is 16.8. The molecule has 2 aromatic rings. The van der Waals surface area contributed by atoms with E-state index in [4.69, 9.17) is 4.74 Å². The summed E-state index contributed by atoms with van der Waals surface area (Å²) in [6.45, 7) is 2.13. The highest BCUT2D eigenvalue weighted by Gasteiger charge is 2.28. The lowest BCUT2D eigenvalue weighted by Gasteiger charge is -2.36. The average Bonchev–Trinajstić information content (AvgIpc) is 2.60. The van der Waals surface area contributed by atoms with Crippen LogP contribution in [0.15, 0.2) is 36.7 Å². The highest BCUT2D eigenvalue weighted by molar-refractivity contribution is 5.18. The summed E-state index contributed by atoms with van der Waals surface area (Å²) < 4.78 is 18.7. The van der Waals surface area contributed by atoms with Crippen molar-refractivity contribution in [3.05, 3.63) is 53.6 Å². The van der Waals surface area contributed by atoms with Crippen LogP contribution in [0, 0.1) is 11.7 Å². The molecule has 3 rings (SSSR count). The number of hydrogen-bond donors (Lipinski definition) is 1. The highest BCUT2D eigenvalue weighted by Crippen LogP contribution is 2.24. The Balaban J connectivity index is 1.55. The minimum absolute atomic E-state index is 0.0882. The van der Waals surface area contributed by atoms with Crippen LogP contribution in [0.3, 0.4) is 0 Å². The van der Waals surface area contributed by atoms with Crippen molar-refractivity contribution in [1.82, 2.24) is 14.9 Å². The van der Waals surface area contributed by atoms with Gasteiger partial charge in [0, 0.05) is 31.0 Å². The number of nitrogens with zero attached hydrogens (tertiary/aromatic N) is 3. The number of rotatable bonds is 5. The highest BCUT2D eigenvalue weighted by atomic mass is 19.1. The monoisotopic (exact) mass is 331 g/mol. The van der Waals surface area contributed by atoms with E-state index in [1.54, 1.807) is 24.5 Å². The third-order valence-corrected chi connectivity index (χ3v) is 4.52. The van der Waals surface area contributed by atoms with E-state index >= 15 is 0 Å². The normalized spacial score (nSPS) is 21.6. The van der Waals surface area contributed by atoms with Crippen molar-refractivity contribution in [2.75, 3.05) is 20.2 Å². The summed E-state index contributed by atoms with van der Waals surface area (Å²) in [5.74, 6) is -0.104. The number of methoxy groups -OCH3 is 1. The average molecular weight is 331 g/mol. The third kappa shape index (κ3) is 4.07. The quantitative estimate of drug-likeness (QED) is 0.909. The number of halogens is 1. The first-order chi connectivity index (χ1) is 11.7. The fourth-order valence-corrected chi connectivity index (χ4v) is 3.16. The molecule has 0 unspecified atom stereocenters. The van der Waals surface area contributed by atoms with Crippen LogP contribution in [0.2, 0.25) is 0 Å². The first-order valence-corrected chi connectivity index (χ1v) is 8.14. The van der Waals surface area contributed by atoms with Crippen molar-refractivity contribution in [2.45, 2.75) is 25.5 Å². The van der Waals surface area contributed by atoms with Crippen LogP contribution in [0.4, 0.5) is 4.39 Å². The van der Waals surface area contributed by atoms with Gasteiger partial charge in [-0.1, -0.05) is 18.2 Å². The molecule has 1 fully saturated rings. The topological polar surface area (TPSA) is 58.5 Å². The molecule has 0 amide bonds. The first-order valence-electron chi connectivity index (χ1n) is 8.14. The molecule has 0 bridgehead atoms. The maximum Gasteiger partial charge on any atom is 0.316 e. The van der Waals surface area contributed by atoms with Crippen LogP contribution >= 0.6 is 0 Å². The van der Waals surface area contributed by atoms with E-state index in [2.05, 4.69) is 14.9 Å². The van der Waals surface area contributed by atoms with Crippen LogP contribution in [-0.4, -0.2) is 46.3 Å². The van der Waals surface area contributed by atoms with E-state index in [-0.39, 0.29) is 11.7 Å². The SMILES string of the molecule is COc1ncc(CN2CC[C@H](Cc3ccccc3F)[C@@H](O)C2)cn1. The molecule has 1 saturated heterocycles. The number of ether oxygens (including phenoxy) is 1. The van der Waals surface area contributed by atoms with Crippen LogP contribution in [0.5, 0.6) is 6.01 Å². The van der Waals surface area contributed by atoms with Gasteiger partial charge in [-0.15, -0.1) is 0 Å². The summed E-state index contributed by atoms with van der Waals surface area (Å²) in [6, 6.07) is 7.14. The van der Waals surface area contributed by atoms with Crippen LogP contribution < -0.4 is 4.74 Å². The molecule has 0 saturated carbocycles. The number of hydrogen-bond acceptors (Lipinski definition) is 5. The number of aromatic nitrogens is 2. The lowest BCUT2D eigenvalue weighted by molar-refractivity contribution is 0.0184. The van der Waals surface area contributed by atoms with E-state index in [1.165, 1.54) is 13.2 Å². The molecule has 0 aliphatic carbocycles. The van der Waals surface area contributed by atoms with Crippen molar-refractivity contribution in [3.63, 3.8) is 0 Å². The summed E-state index contributed by atoms with van der Waals surface area (Å²) in [4.78, 5) is 10.4. The Morgan fingerprint density at radius 2 is 2.04 bits per heavy atom. The molecule has 0 spiro atoms. The summed E-state index contributed by atoms with van der Waals surface area (Å²) in [5, 5.41) is 10.4. The Hall–Kier alpha value is -2.05. The minimum atomic E-state index is -0.461. The van der Waals surface area contributed by atoms with Gasteiger partial charge >= 0.3 is 6.01 Å². The van der Waals surface area contributed by atoms with Crippen molar-refractivity contribution in [1.29, 1.82) is 0 Å². The van der Waals surface area contributed by atoms with Gasteiger partial charge in [0.1, 0.15) is 5.82 Å². The van der Waals surface area contributed by atoms with Crippen LogP contribution in [-0.2, 0) is 13.0 Å². The molecule has 1 aliphatic rings. The molecule has 1 aromatic heterocycles. The molecule has 2 heterocycles. The maximum atomic E-state index is 13.8. The second-order valence-electron chi connectivity index (χ2n) is 6.22. The molecule has 6 heteroatoms. The van der Waals surface area contributed by atoms with Gasteiger partial charge in [0.05, 0.1) is 13.2 Å². The largest absolute Gasteiger partial charge is 0.467 e. The van der Waals surface area contributed by atoms with E-state index in [9.17, 15) is 9.50 Å². The predicted octanol–water partition coefficient (Wildman–Crippen LogP) is 2.05. The summed E-state index contributed by atoms with van der Waals surface area (Å²) in [5.41, 5.74) is 1.66. The zero-order chi connectivity index (χ0) is 16.9. The molecular weight excluding hydrogens is 309 g/mol. The summed E-state index contributed by atoms with van der Waals surface area (Å²) in [6.07, 6.45) is 4.44. The second-order valence-corrected chi connectivity index (χ2v) is 6.22. The van der Waals surface area contributed by atoms with Gasteiger partial charge in [0.25, 0.3) is 0 Å². The number of β-amino-alcohol motifs (C(OH)–C–C–N with tert-alkyl or cyclic N) is 1. The van der Waals surface area contributed by atoms with Gasteiger partial charge < -0.3 is 9.84 Å². The zero-order valence-corrected chi connectivity index (χ0v) is 13.7. The van der Waals surface area contributed by atoms with E-state index in [1.807, 2.05) is 6.07 Å². The van der Waals surface area contributed by atoms with E-state index < -0.39 is 6.10 Å². The fourth-order valence-electron chi connectivity index (χ4n) is 3.16. The van der Waals surface area contributed by atoms with E-state index in [0.717, 1.165) is 18.5 Å². The van der Waals surface area contributed by atoms with Crippen molar-refractivity contribution in [2.24, 2.45) is 5.92 Å². The van der Waals surface area contributed by atoms with Gasteiger partial charge in [-0.2, -0.15) is 0 Å². The molecule has 1 aliphatic heterocycles. The maximum absolute atomic E-state index is 13.8. The van der Waals surface area contributed by atoms with Crippen LogP contribution in [0.25, 0.3) is 0 Å². The molecule has 128 valence electrons. The Labute approximate surface area is 141 Å². The summed E-state index contributed by atoms with van der Waals surface area (Å²) in [7, 11) is 1.53. The molecule has 1 aromatic carbocycles. The molecular formula is C18H22FN3O2. The zero-order valence-electron chi connectivity index (χ0n) is 13.7.